The Kier molecular flexibility index (Phi) is 4.16. The maximum absolute atomic E-state index is 5.73. The quantitative estimate of drug-likeness (QED) is 0.763. The van der Waals surface area contributed by atoms with Crippen LogP contribution in [0.1, 0.15) is 17.0 Å². The summed E-state index contributed by atoms with van der Waals surface area (Å²) in [4.78, 5) is 0. The minimum atomic E-state index is -0.262. The summed E-state index contributed by atoms with van der Waals surface area (Å²) in [7, 11) is 4.85. The largest absolute Gasteiger partial charge is 0.496 e. The molecule has 0 aromatic heterocycles. The fourth-order valence-corrected chi connectivity index (χ4v) is 4.35. The summed E-state index contributed by atoms with van der Waals surface area (Å²) in [5.74, 6) is 3.05. The van der Waals surface area contributed by atoms with Crippen molar-refractivity contribution in [3.05, 3.63) is 46.7 Å². The van der Waals surface area contributed by atoms with E-state index in [1.165, 1.54) is 0 Å². The third kappa shape index (κ3) is 2.66. The lowest BCUT2D eigenvalue weighted by molar-refractivity contribution is 0.174. The molecular weight excluding hydrogens is 394 g/mol. The van der Waals surface area contributed by atoms with Crippen LogP contribution in [0, 0.1) is 0 Å². The number of benzene rings is 2. The van der Waals surface area contributed by atoms with Crippen molar-refractivity contribution in [3.8, 4) is 28.7 Å². The summed E-state index contributed by atoms with van der Waals surface area (Å²) in [6.45, 7) is 0.589. The summed E-state index contributed by atoms with van der Waals surface area (Å²) < 4.78 is 33.8. The second kappa shape index (κ2) is 6.73. The van der Waals surface area contributed by atoms with Gasteiger partial charge in [-0.15, -0.1) is 0 Å². The first kappa shape index (κ1) is 17.9. The van der Waals surface area contributed by atoms with Crippen molar-refractivity contribution in [1.29, 1.82) is 0 Å². The van der Waals surface area contributed by atoms with Crippen molar-refractivity contribution < 1.29 is 28.4 Å². The first-order valence-corrected chi connectivity index (χ1v) is 9.46. The fourth-order valence-electron chi connectivity index (χ4n) is 4.05. The van der Waals surface area contributed by atoms with Gasteiger partial charge in [0.25, 0.3) is 0 Å². The van der Waals surface area contributed by atoms with Crippen LogP contribution >= 0.6 is 12.2 Å². The molecule has 1 N–H and O–H groups in total. The number of hydrogen-bond donors (Lipinski definition) is 1. The van der Waals surface area contributed by atoms with Crippen molar-refractivity contribution in [2.75, 3.05) is 40.0 Å². The molecule has 3 aliphatic rings. The molecule has 0 radical (unpaired) electrons. The lowest BCUT2D eigenvalue weighted by atomic mass is 9.80. The van der Waals surface area contributed by atoms with E-state index < -0.39 is 0 Å². The van der Waals surface area contributed by atoms with Crippen LogP contribution in [0.3, 0.4) is 0 Å². The van der Waals surface area contributed by atoms with Crippen LogP contribution in [0.4, 0.5) is 5.69 Å². The molecule has 2 aromatic rings. The van der Waals surface area contributed by atoms with E-state index in [-0.39, 0.29) is 12.7 Å². The summed E-state index contributed by atoms with van der Waals surface area (Å²) in [6, 6.07) is 7.60. The number of ether oxygens (including phenoxy) is 6. The maximum atomic E-state index is 5.73. The van der Waals surface area contributed by atoms with Crippen LogP contribution in [0.25, 0.3) is 0 Å². The van der Waals surface area contributed by atoms with Crippen LogP contribution in [-0.2, 0) is 4.74 Å². The highest BCUT2D eigenvalue weighted by molar-refractivity contribution is 7.80. The number of nitrogens with one attached hydrogen (secondary N) is 1. The minimum Gasteiger partial charge on any atom is -0.496 e. The Hall–Kier alpha value is -3.13. The topological polar surface area (TPSA) is 67.4 Å². The zero-order valence-corrected chi connectivity index (χ0v) is 17.0. The van der Waals surface area contributed by atoms with Crippen molar-refractivity contribution in [2.24, 2.45) is 0 Å². The molecule has 2 aromatic carbocycles. The Morgan fingerprint density at radius 3 is 2.28 bits per heavy atom. The lowest BCUT2D eigenvalue weighted by Gasteiger charge is -2.30. The molecular formula is C21H19NO6S. The third-order valence-corrected chi connectivity index (χ3v) is 5.70. The van der Waals surface area contributed by atoms with E-state index in [2.05, 4.69) is 5.32 Å². The molecule has 0 unspecified atom stereocenters. The Morgan fingerprint density at radius 2 is 1.62 bits per heavy atom. The summed E-state index contributed by atoms with van der Waals surface area (Å²) in [5, 5.41) is 3.90. The van der Waals surface area contributed by atoms with Crippen molar-refractivity contribution in [2.45, 2.75) is 5.92 Å². The predicted octanol–water partition coefficient (Wildman–Crippen LogP) is 3.61. The van der Waals surface area contributed by atoms with Crippen molar-refractivity contribution >= 4 is 23.0 Å². The van der Waals surface area contributed by atoms with Gasteiger partial charge in [-0.3, -0.25) is 0 Å². The Bertz CT molecular complexity index is 1040. The molecule has 3 aliphatic heterocycles. The van der Waals surface area contributed by atoms with Gasteiger partial charge in [0.15, 0.2) is 16.5 Å². The standard InChI is InChI=1S/C21H19NO6S/c1-23-10-4-16(24-2)20(17(5-10)25-3)18-11-6-14-15(28-9-27-14)7-12(11)22-13-8-26-21(29)19(13)18/h4-7,18,22H,8-9H2,1-3H3/t18-/m0/s1. The molecule has 0 bridgehead atoms. The van der Waals surface area contributed by atoms with Crippen LogP contribution in [-0.4, -0.2) is 39.8 Å². The first-order chi connectivity index (χ1) is 14.1. The first-order valence-electron chi connectivity index (χ1n) is 9.05. The molecule has 0 fully saturated rings. The fraction of sp³-hybridized carbons (Fsp3) is 0.286. The Labute approximate surface area is 173 Å². The second-order valence-electron chi connectivity index (χ2n) is 6.76. The van der Waals surface area contributed by atoms with Gasteiger partial charge in [0.05, 0.1) is 27.0 Å². The van der Waals surface area contributed by atoms with E-state index in [9.17, 15) is 0 Å². The molecule has 0 amide bonds. The zero-order valence-electron chi connectivity index (χ0n) is 16.2. The van der Waals surface area contributed by atoms with E-state index in [1.54, 1.807) is 21.3 Å². The molecule has 29 heavy (non-hydrogen) atoms. The second-order valence-corrected chi connectivity index (χ2v) is 7.14. The van der Waals surface area contributed by atoms with Crippen molar-refractivity contribution in [1.82, 2.24) is 0 Å². The number of fused-ring (bicyclic) bond motifs is 2. The van der Waals surface area contributed by atoms with E-state index in [4.69, 9.17) is 40.6 Å². The molecule has 0 aliphatic carbocycles. The molecule has 0 saturated heterocycles. The Balaban J connectivity index is 1.79. The van der Waals surface area contributed by atoms with Crippen LogP contribution in [0.2, 0.25) is 0 Å². The zero-order chi connectivity index (χ0) is 20.1. The Morgan fingerprint density at radius 1 is 0.931 bits per heavy atom. The molecule has 0 spiro atoms. The minimum absolute atomic E-state index is 0.201. The summed E-state index contributed by atoms with van der Waals surface area (Å²) >= 11 is 5.55. The van der Waals surface area contributed by atoms with Gasteiger partial charge in [0, 0.05) is 40.9 Å². The maximum Gasteiger partial charge on any atom is 0.231 e. The number of rotatable bonds is 4. The van der Waals surface area contributed by atoms with E-state index in [0.29, 0.717) is 40.4 Å². The molecule has 3 heterocycles. The van der Waals surface area contributed by atoms with Gasteiger partial charge in [0.1, 0.15) is 23.9 Å². The van der Waals surface area contributed by atoms with Gasteiger partial charge < -0.3 is 33.7 Å². The third-order valence-electron chi connectivity index (χ3n) is 5.36. The molecule has 0 saturated carbocycles. The van der Waals surface area contributed by atoms with Gasteiger partial charge in [-0.2, -0.15) is 0 Å². The normalized spacial score (nSPS) is 18.6. The number of anilines is 1. The summed E-state index contributed by atoms with van der Waals surface area (Å²) in [6.07, 6.45) is 0. The highest BCUT2D eigenvalue weighted by Crippen LogP contribution is 2.53. The predicted molar refractivity (Wildman–Crippen MR) is 110 cm³/mol. The number of hydrogen-bond acceptors (Lipinski definition) is 8. The highest BCUT2D eigenvalue weighted by Gasteiger charge is 2.40. The molecule has 7 nitrogen and oxygen atoms in total. The number of methoxy groups -OCH3 is 3. The lowest BCUT2D eigenvalue weighted by Crippen LogP contribution is -2.20. The van der Waals surface area contributed by atoms with Gasteiger partial charge in [-0.05, 0) is 23.8 Å². The van der Waals surface area contributed by atoms with E-state index in [1.807, 2.05) is 24.3 Å². The monoisotopic (exact) mass is 413 g/mol. The van der Waals surface area contributed by atoms with E-state index in [0.717, 1.165) is 28.1 Å². The van der Waals surface area contributed by atoms with Gasteiger partial charge in [-0.1, -0.05) is 0 Å². The average molecular weight is 413 g/mol. The van der Waals surface area contributed by atoms with Crippen LogP contribution < -0.4 is 29.0 Å². The molecule has 5 rings (SSSR count). The summed E-state index contributed by atoms with van der Waals surface area (Å²) in [5.41, 5.74) is 4.55. The molecule has 1 atom stereocenters. The van der Waals surface area contributed by atoms with Gasteiger partial charge in [-0.25, -0.2) is 0 Å². The average Bonchev–Trinajstić information content (AvgIpc) is 3.35. The van der Waals surface area contributed by atoms with Gasteiger partial charge in [0.2, 0.25) is 6.79 Å². The SMILES string of the molecule is COc1cc(OC)c([C@@H]2C3=C(COC3=S)Nc3cc4c(cc32)OCO4)c(OC)c1. The molecule has 8 heteroatoms. The van der Waals surface area contributed by atoms with E-state index >= 15 is 0 Å². The van der Waals surface area contributed by atoms with Crippen molar-refractivity contribution in [3.63, 3.8) is 0 Å². The number of thiocarbonyl (C=S) groups is 1. The van der Waals surface area contributed by atoms with Crippen LogP contribution in [0.5, 0.6) is 28.7 Å². The smallest absolute Gasteiger partial charge is 0.231 e. The van der Waals surface area contributed by atoms with Gasteiger partial charge >= 0.3 is 0 Å². The molecule has 150 valence electrons. The van der Waals surface area contributed by atoms with Crippen LogP contribution in [0.15, 0.2) is 35.5 Å². The highest BCUT2D eigenvalue weighted by atomic mass is 32.1.